The minimum absolute atomic E-state index is 0.145. The van der Waals surface area contributed by atoms with Gasteiger partial charge in [0.2, 0.25) is 0 Å². The molecule has 0 saturated heterocycles. The van der Waals surface area contributed by atoms with Gasteiger partial charge in [-0.25, -0.2) is 4.39 Å². The first-order chi connectivity index (χ1) is 9.10. The highest BCUT2D eigenvalue weighted by atomic mass is 35.5. The van der Waals surface area contributed by atoms with E-state index >= 15 is 0 Å². The Labute approximate surface area is 117 Å². The number of nitrogens with two attached hydrogens (primary N) is 1. The summed E-state index contributed by atoms with van der Waals surface area (Å²) in [4.78, 5) is 0. The van der Waals surface area contributed by atoms with Crippen LogP contribution in [0.4, 0.5) is 4.39 Å². The molecular formula is C15H16ClFN2. The molecule has 0 bridgehead atoms. The van der Waals surface area contributed by atoms with E-state index in [2.05, 4.69) is 5.43 Å². The average Bonchev–Trinajstić information content (AvgIpc) is 2.41. The molecule has 4 heteroatoms. The van der Waals surface area contributed by atoms with Crippen LogP contribution in [0.1, 0.15) is 22.7 Å². The number of hydrogen-bond acceptors (Lipinski definition) is 2. The molecule has 2 aromatic carbocycles. The summed E-state index contributed by atoms with van der Waals surface area (Å²) in [6.45, 7) is 2.02. The average molecular weight is 279 g/mol. The fourth-order valence-electron chi connectivity index (χ4n) is 1.99. The van der Waals surface area contributed by atoms with Crippen molar-refractivity contribution >= 4 is 11.6 Å². The molecule has 19 heavy (non-hydrogen) atoms. The van der Waals surface area contributed by atoms with Gasteiger partial charge < -0.3 is 0 Å². The quantitative estimate of drug-likeness (QED) is 0.663. The molecule has 2 nitrogen and oxygen atoms in total. The summed E-state index contributed by atoms with van der Waals surface area (Å²) in [7, 11) is 0. The molecule has 0 aliphatic carbocycles. The molecule has 0 radical (unpaired) electrons. The minimum atomic E-state index is -0.267. The van der Waals surface area contributed by atoms with E-state index in [1.807, 2.05) is 31.2 Å². The van der Waals surface area contributed by atoms with Gasteiger partial charge in [-0.3, -0.25) is 11.3 Å². The molecule has 1 unspecified atom stereocenters. The third kappa shape index (κ3) is 3.53. The van der Waals surface area contributed by atoms with Crippen molar-refractivity contribution < 1.29 is 4.39 Å². The lowest BCUT2D eigenvalue weighted by molar-refractivity contribution is 0.529. The largest absolute Gasteiger partial charge is 0.271 e. The summed E-state index contributed by atoms with van der Waals surface area (Å²) in [6.07, 6.45) is 0.450. The van der Waals surface area contributed by atoms with Crippen molar-refractivity contribution in [3.63, 3.8) is 0 Å². The number of rotatable bonds is 4. The predicted octanol–water partition coefficient (Wildman–Crippen LogP) is 3.53. The first-order valence-corrected chi connectivity index (χ1v) is 6.44. The predicted molar refractivity (Wildman–Crippen MR) is 76.4 cm³/mol. The molecule has 0 amide bonds. The Hall–Kier alpha value is -1.42. The highest BCUT2D eigenvalue weighted by Gasteiger charge is 2.13. The third-order valence-corrected chi connectivity index (χ3v) is 3.35. The van der Waals surface area contributed by atoms with E-state index in [4.69, 9.17) is 17.4 Å². The molecule has 0 aromatic heterocycles. The van der Waals surface area contributed by atoms with Gasteiger partial charge in [-0.2, -0.15) is 0 Å². The first-order valence-electron chi connectivity index (χ1n) is 6.07. The maximum absolute atomic E-state index is 13.7. The van der Waals surface area contributed by atoms with E-state index in [9.17, 15) is 4.39 Å². The van der Waals surface area contributed by atoms with Crippen LogP contribution in [0.5, 0.6) is 0 Å². The van der Waals surface area contributed by atoms with Crippen LogP contribution < -0.4 is 11.3 Å². The second kappa shape index (κ2) is 6.15. The Morgan fingerprint density at radius 3 is 2.53 bits per heavy atom. The fraction of sp³-hybridized carbons (Fsp3) is 0.200. The second-order valence-corrected chi connectivity index (χ2v) is 5.01. The van der Waals surface area contributed by atoms with E-state index in [1.54, 1.807) is 6.07 Å². The molecule has 3 N–H and O–H groups in total. The standard InChI is InChI=1S/C15H16ClFN2/c1-10-2-4-11(5-3-10)15(19-18)9-12-8-13(16)6-7-14(12)17/h2-8,15,19H,9,18H2,1H3. The van der Waals surface area contributed by atoms with Gasteiger partial charge in [0, 0.05) is 5.02 Å². The molecule has 2 aromatic rings. The van der Waals surface area contributed by atoms with Crippen molar-refractivity contribution in [2.24, 2.45) is 5.84 Å². The third-order valence-electron chi connectivity index (χ3n) is 3.11. The van der Waals surface area contributed by atoms with Gasteiger partial charge in [0.1, 0.15) is 5.82 Å². The summed E-state index contributed by atoms with van der Waals surface area (Å²) in [5.41, 5.74) is 5.47. The second-order valence-electron chi connectivity index (χ2n) is 4.57. The number of nitrogens with one attached hydrogen (secondary N) is 1. The van der Waals surface area contributed by atoms with Gasteiger partial charge in [0.25, 0.3) is 0 Å². The zero-order valence-electron chi connectivity index (χ0n) is 10.7. The van der Waals surface area contributed by atoms with E-state index in [1.165, 1.54) is 17.7 Å². The first kappa shape index (κ1) is 14.0. The van der Waals surface area contributed by atoms with Crippen LogP contribution in [-0.4, -0.2) is 0 Å². The van der Waals surface area contributed by atoms with E-state index < -0.39 is 0 Å². The normalized spacial score (nSPS) is 12.4. The van der Waals surface area contributed by atoms with Crippen molar-refractivity contribution in [3.05, 3.63) is 70.0 Å². The summed E-state index contributed by atoms with van der Waals surface area (Å²) in [5, 5.41) is 0.524. The van der Waals surface area contributed by atoms with Crippen molar-refractivity contribution in [1.82, 2.24) is 5.43 Å². The Morgan fingerprint density at radius 2 is 1.89 bits per heavy atom. The molecule has 1 atom stereocenters. The van der Waals surface area contributed by atoms with Crippen LogP contribution in [0.15, 0.2) is 42.5 Å². The molecule has 0 saturated carbocycles. The highest BCUT2D eigenvalue weighted by Crippen LogP contribution is 2.22. The number of benzene rings is 2. The molecule has 2 rings (SSSR count). The number of aryl methyl sites for hydroxylation is 1. The Bertz CT molecular complexity index is 555. The van der Waals surface area contributed by atoms with Crippen LogP contribution in [0.25, 0.3) is 0 Å². The summed E-state index contributed by atoms with van der Waals surface area (Å²) < 4.78 is 13.7. The van der Waals surface area contributed by atoms with Gasteiger partial charge in [0.15, 0.2) is 0 Å². The van der Waals surface area contributed by atoms with Gasteiger partial charge in [-0.05, 0) is 42.7 Å². The molecule has 0 heterocycles. The number of halogens is 2. The maximum atomic E-state index is 13.7. The summed E-state index contributed by atoms with van der Waals surface area (Å²) in [6, 6.07) is 12.4. The van der Waals surface area contributed by atoms with Gasteiger partial charge in [-0.1, -0.05) is 41.4 Å². The van der Waals surface area contributed by atoms with Gasteiger partial charge in [-0.15, -0.1) is 0 Å². The van der Waals surface area contributed by atoms with Crippen molar-refractivity contribution in [3.8, 4) is 0 Å². The van der Waals surface area contributed by atoms with Crippen LogP contribution >= 0.6 is 11.6 Å². The fourth-order valence-corrected chi connectivity index (χ4v) is 2.19. The van der Waals surface area contributed by atoms with E-state index in [-0.39, 0.29) is 11.9 Å². The minimum Gasteiger partial charge on any atom is -0.271 e. The molecule has 100 valence electrons. The van der Waals surface area contributed by atoms with Gasteiger partial charge >= 0.3 is 0 Å². The molecule has 0 fully saturated rings. The zero-order chi connectivity index (χ0) is 13.8. The monoisotopic (exact) mass is 278 g/mol. The molecule has 0 aliphatic heterocycles. The van der Waals surface area contributed by atoms with Crippen LogP contribution in [0, 0.1) is 12.7 Å². The van der Waals surface area contributed by atoms with Crippen LogP contribution in [0.2, 0.25) is 5.02 Å². The van der Waals surface area contributed by atoms with Crippen LogP contribution in [-0.2, 0) is 6.42 Å². The summed E-state index contributed by atoms with van der Waals surface area (Å²) in [5.74, 6) is 5.31. The lowest BCUT2D eigenvalue weighted by atomic mass is 9.98. The van der Waals surface area contributed by atoms with Crippen molar-refractivity contribution in [2.75, 3.05) is 0 Å². The summed E-state index contributed by atoms with van der Waals surface area (Å²) >= 11 is 5.89. The lowest BCUT2D eigenvalue weighted by Gasteiger charge is -2.17. The van der Waals surface area contributed by atoms with Gasteiger partial charge in [0.05, 0.1) is 6.04 Å². The lowest BCUT2D eigenvalue weighted by Crippen LogP contribution is -2.29. The zero-order valence-corrected chi connectivity index (χ0v) is 11.4. The SMILES string of the molecule is Cc1ccc(C(Cc2cc(Cl)ccc2F)NN)cc1. The Morgan fingerprint density at radius 1 is 1.21 bits per heavy atom. The van der Waals surface area contributed by atoms with Crippen molar-refractivity contribution in [1.29, 1.82) is 0 Å². The molecule has 0 aliphatic rings. The maximum Gasteiger partial charge on any atom is 0.126 e. The molecular weight excluding hydrogens is 263 g/mol. The van der Waals surface area contributed by atoms with E-state index in [0.717, 1.165) is 5.56 Å². The van der Waals surface area contributed by atoms with Crippen LogP contribution in [0.3, 0.4) is 0 Å². The Kier molecular flexibility index (Phi) is 4.53. The van der Waals surface area contributed by atoms with E-state index in [0.29, 0.717) is 17.0 Å². The smallest absolute Gasteiger partial charge is 0.126 e. The molecule has 0 spiro atoms. The Balaban J connectivity index is 2.23. The number of hydrazine groups is 1. The topological polar surface area (TPSA) is 38.0 Å². The highest BCUT2D eigenvalue weighted by molar-refractivity contribution is 6.30. The number of hydrogen-bond donors (Lipinski definition) is 2. The van der Waals surface area contributed by atoms with Crippen molar-refractivity contribution in [2.45, 2.75) is 19.4 Å².